The van der Waals surface area contributed by atoms with Gasteiger partial charge in [-0.05, 0) is 73.7 Å². The number of amides is 4. The zero-order valence-corrected chi connectivity index (χ0v) is 38.9. The van der Waals surface area contributed by atoms with Crippen LogP contribution in [0.5, 0.6) is 0 Å². The minimum atomic E-state index is -0.983. The van der Waals surface area contributed by atoms with Gasteiger partial charge in [-0.1, -0.05) is 97.4 Å². The lowest BCUT2D eigenvalue weighted by Crippen LogP contribution is -2.58. The predicted molar refractivity (Wildman–Crippen MR) is 239 cm³/mol. The Bertz CT molecular complexity index is 1770. The monoisotopic (exact) mass is 864 g/mol. The van der Waals surface area contributed by atoms with Gasteiger partial charge >= 0.3 is 11.9 Å². The topological polar surface area (TPSA) is 175 Å². The van der Waals surface area contributed by atoms with Gasteiger partial charge < -0.3 is 35.0 Å². The summed E-state index contributed by atoms with van der Waals surface area (Å²) in [4.78, 5) is 85.6. The van der Waals surface area contributed by atoms with Gasteiger partial charge in [-0.3, -0.25) is 24.1 Å². The van der Waals surface area contributed by atoms with E-state index >= 15 is 0 Å². The average molecular weight is 864 g/mol. The zero-order valence-electron chi connectivity index (χ0n) is 38.9. The molecule has 2 aromatic rings. The third-order valence-corrected chi connectivity index (χ3v) is 12.6. The molecule has 1 saturated heterocycles. The number of carbonyl (C=O) groups excluding carboxylic acids is 5. The maximum atomic E-state index is 14.4. The van der Waals surface area contributed by atoms with E-state index in [0.717, 1.165) is 24.0 Å². The summed E-state index contributed by atoms with van der Waals surface area (Å²) in [7, 11) is 6.46. The van der Waals surface area contributed by atoms with Crippen LogP contribution in [0.3, 0.4) is 0 Å². The molecule has 3 rings (SSSR count). The molecule has 4 amide bonds. The van der Waals surface area contributed by atoms with E-state index in [0.29, 0.717) is 32.4 Å². The van der Waals surface area contributed by atoms with Crippen molar-refractivity contribution in [2.75, 3.05) is 41.4 Å². The second-order valence-corrected chi connectivity index (χ2v) is 17.7. The molecule has 62 heavy (non-hydrogen) atoms. The van der Waals surface area contributed by atoms with Crippen LogP contribution in [0, 0.1) is 23.7 Å². The van der Waals surface area contributed by atoms with Crippen LogP contribution in [0.2, 0.25) is 0 Å². The van der Waals surface area contributed by atoms with Gasteiger partial charge in [0.25, 0.3) is 0 Å². The fourth-order valence-electron chi connectivity index (χ4n) is 8.73. The summed E-state index contributed by atoms with van der Waals surface area (Å²) in [5.41, 5.74) is 2.05. The van der Waals surface area contributed by atoms with E-state index in [9.17, 15) is 33.9 Å². The lowest BCUT2D eigenvalue weighted by molar-refractivity contribution is -0.147. The largest absolute Gasteiger partial charge is 0.478 e. The Balaban J connectivity index is 1.69. The van der Waals surface area contributed by atoms with Crippen molar-refractivity contribution in [1.29, 1.82) is 0 Å². The van der Waals surface area contributed by atoms with Gasteiger partial charge in [0.15, 0.2) is 0 Å². The van der Waals surface area contributed by atoms with Crippen molar-refractivity contribution in [3.63, 3.8) is 0 Å². The third kappa shape index (κ3) is 14.1. The zero-order chi connectivity index (χ0) is 46.3. The van der Waals surface area contributed by atoms with E-state index in [1.165, 1.54) is 14.2 Å². The Labute approximate surface area is 369 Å². The van der Waals surface area contributed by atoms with Gasteiger partial charge in [0, 0.05) is 46.1 Å². The first-order valence-electron chi connectivity index (χ1n) is 22.2. The molecule has 1 aliphatic heterocycles. The first kappa shape index (κ1) is 51.5. The number of esters is 1. The summed E-state index contributed by atoms with van der Waals surface area (Å²) in [6.07, 6.45) is 3.03. The van der Waals surface area contributed by atoms with Gasteiger partial charge in [0.1, 0.15) is 12.1 Å². The van der Waals surface area contributed by atoms with Crippen LogP contribution >= 0.6 is 0 Å². The van der Waals surface area contributed by atoms with E-state index in [2.05, 4.69) is 24.5 Å². The number of ether oxygens (including phenoxy) is 2. The van der Waals surface area contributed by atoms with Crippen molar-refractivity contribution in [1.82, 2.24) is 25.3 Å². The first-order chi connectivity index (χ1) is 29.4. The number of carboxylic acids is 1. The van der Waals surface area contributed by atoms with Gasteiger partial charge in [-0.25, -0.2) is 9.59 Å². The fraction of sp³-hybridized carbons (Fsp3) is 0.625. The van der Waals surface area contributed by atoms with Crippen molar-refractivity contribution in [3.05, 3.63) is 71.3 Å². The number of hydrogen-bond acceptors (Lipinski definition) is 9. The van der Waals surface area contributed by atoms with Gasteiger partial charge in [-0.2, -0.15) is 0 Å². The second kappa shape index (κ2) is 24.7. The number of nitrogens with one attached hydrogen (secondary N) is 2. The second-order valence-electron chi connectivity index (χ2n) is 17.7. The Morgan fingerprint density at radius 1 is 0.855 bits per heavy atom. The Kier molecular flexibility index (Phi) is 20.5. The maximum Gasteiger partial charge on any atom is 0.335 e. The van der Waals surface area contributed by atoms with Crippen molar-refractivity contribution in [2.24, 2.45) is 23.7 Å². The minimum Gasteiger partial charge on any atom is -0.478 e. The highest BCUT2D eigenvalue weighted by molar-refractivity contribution is 5.90. The average Bonchev–Trinajstić information content (AvgIpc) is 3.74. The fourth-order valence-corrected chi connectivity index (χ4v) is 8.73. The van der Waals surface area contributed by atoms with Gasteiger partial charge in [0.2, 0.25) is 23.6 Å². The predicted octanol–water partition coefficient (Wildman–Crippen LogP) is 5.22. The summed E-state index contributed by atoms with van der Waals surface area (Å²) in [6, 6.07) is 13.3. The van der Waals surface area contributed by atoms with E-state index < -0.39 is 42.1 Å². The molecule has 3 N–H and O–H groups in total. The van der Waals surface area contributed by atoms with Gasteiger partial charge in [-0.15, -0.1) is 0 Å². The number of carbonyl (C=O) groups is 6. The standard InChI is InChI=1S/C48H73N5O9/c1-12-32(6)38(52(9)46(57)41(30(2)3)50-45(56)42(31(4)5)51(8)28-26-34-20-22-36(23-21-34)47(58)59)24-25-40(54)53-27-16-19-39(53)43(61-10)33(7)44(55)49-37(48(60)62-11)29-35-17-14-13-15-18-35/h13-15,17-18,20-23,30-33,37-39,41-43H,12,16,19,24-29H2,1-11H3,(H,49,55)(H,50,56)(H,58,59). The van der Waals surface area contributed by atoms with Crippen molar-refractivity contribution in [3.8, 4) is 0 Å². The quantitative estimate of drug-likeness (QED) is 0.119. The number of benzene rings is 2. The van der Waals surface area contributed by atoms with Crippen LogP contribution < -0.4 is 10.6 Å². The Hall–Kier alpha value is -4.82. The molecular formula is C48H73N5O9. The third-order valence-electron chi connectivity index (χ3n) is 12.6. The van der Waals surface area contributed by atoms with Crippen molar-refractivity contribution >= 4 is 35.6 Å². The van der Waals surface area contributed by atoms with E-state index in [-0.39, 0.29) is 71.9 Å². The molecule has 2 aromatic carbocycles. The Morgan fingerprint density at radius 3 is 2.05 bits per heavy atom. The van der Waals surface area contributed by atoms with Crippen LogP contribution in [0.1, 0.15) is 102 Å². The SMILES string of the molecule is CCC(C)C(CCC(=O)N1CCCC1C(OC)C(C)C(=O)NC(Cc1ccccc1)C(=O)OC)N(C)C(=O)C(NC(=O)C(C(C)C)N(C)CCc1ccc(C(=O)O)cc1)C(C)C. The molecule has 14 heteroatoms. The van der Waals surface area contributed by atoms with Crippen molar-refractivity contribution in [2.45, 2.75) is 130 Å². The summed E-state index contributed by atoms with van der Waals surface area (Å²) >= 11 is 0. The molecule has 344 valence electrons. The summed E-state index contributed by atoms with van der Waals surface area (Å²) in [5, 5.41) is 15.2. The van der Waals surface area contributed by atoms with Crippen LogP contribution in [-0.4, -0.2) is 133 Å². The lowest BCUT2D eigenvalue weighted by atomic mass is 9.91. The number of carboxylic acid groups (broad SMARTS) is 1. The first-order valence-corrected chi connectivity index (χ1v) is 22.2. The molecule has 1 fully saturated rings. The number of likely N-dealkylation sites (tertiary alicyclic amines) is 1. The highest BCUT2D eigenvalue weighted by Gasteiger charge is 2.41. The number of hydrogen-bond donors (Lipinski definition) is 3. The summed E-state index contributed by atoms with van der Waals surface area (Å²) in [5.74, 6) is -3.35. The number of likely N-dealkylation sites (N-methyl/N-ethyl adjacent to an activating group) is 2. The molecule has 8 unspecified atom stereocenters. The molecule has 1 aliphatic rings. The minimum absolute atomic E-state index is 0.0582. The van der Waals surface area contributed by atoms with Crippen LogP contribution in [0.4, 0.5) is 0 Å². The van der Waals surface area contributed by atoms with E-state index in [1.807, 2.05) is 70.0 Å². The molecule has 0 aliphatic carbocycles. The molecular weight excluding hydrogens is 791 g/mol. The van der Waals surface area contributed by atoms with Crippen molar-refractivity contribution < 1.29 is 43.3 Å². The summed E-state index contributed by atoms with van der Waals surface area (Å²) < 4.78 is 10.9. The van der Waals surface area contributed by atoms with Crippen LogP contribution in [0.15, 0.2) is 54.6 Å². The number of aromatic carboxylic acids is 1. The summed E-state index contributed by atoms with van der Waals surface area (Å²) in [6.45, 7) is 14.7. The molecule has 0 spiro atoms. The molecule has 14 nitrogen and oxygen atoms in total. The van der Waals surface area contributed by atoms with Crippen LogP contribution in [0.25, 0.3) is 0 Å². The maximum absolute atomic E-state index is 14.4. The Morgan fingerprint density at radius 2 is 1.50 bits per heavy atom. The van der Waals surface area contributed by atoms with Gasteiger partial charge in [0.05, 0.1) is 36.8 Å². The highest BCUT2D eigenvalue weighted by Crippen LogP contribution is 2.29. The lowest BCUT2D eigenvalue weighted by Gasteiger charge is -2.38. The highest BCUT2D eigenvalue weighted by atomic mass is 16.5. The molecule has 0 saturated carbocycles. The number of rotatable bonds is 24. The smallest absolute Gasteiger partial charge is 0.335 e. The van der Waals surface area contributed by atoms with E-state index in [4.69, 9.17) is 9.47 Å². The molecule has 1 heterocycles. The number of nitrogens with zero attached hydrogens (tertiary/aromatic N) is 3. The number of methoxy groups -OCH3 is 2. The van der Waals surface area contributed by atoms with E-state index in [1.54, 1.807) is 48.0 Å². The molecule has 0 bridgehead atoms. The molecule has 8 atom stereocenters. The normalized spacial score (nSPS) is 17.5. The molecule has 0 aromatic heterocycles. The van der Waals surface area contributed by atoms with Crippen LogP contribution in [-0.2, 0) is 46.3 Å². The molecule has 0 radical (unpaired) electrons.